The molecule has 0 aliphatic carbocycles. The van der Waals surface area contributed by atoms with E-state index in [1.807, 2.05) is 31.2 Å². The van der Waals surface area contributed by atoms with Crippen molar-refractivity contribution in [2.24, 2.45) is 0 Å². The number of rotatable bonds is 3. The molecule has 0 aromatic heterocycles. The van der Waals surface area contributed by atoms with Gasteiger partial charge in [-0.2, -0.15) is 0 Å². The lowest BCUT2D eigenvalue weighted by Crippen LogP contribution is -1.99. The van der Waals surface area contributed by atoms with Crippen LogP contribution in [0.2, 0.25) is 0 Å². The maximum Gasteiger partial charge on any atom is 0.336 e. The van der Waals surface area contributed by atoms with Gasteiger partial charge >= 0.3 is 5.97 Å². The molecule has 19 heavy (non-hydrogen) atoms. The Hall–Kier alpha value is -2.42. The third-order valence-corrected chi connectivity index (χ3v) is 2.77. The third kappa shape index (κ3) is 3.28. The van der Waals surface area contributed by atoms with Crippen LogP contribution in [0, 0.1) is 12.7 Å². The molecule has 2 rings (SSSR count). The van der Waals surface area contributed by atoms with Gasteiger partial charge in [0, 0.05) is 0 Å². The summed E-state index contributed by atoms with van der Waals surface area (Å²) in [6, 6.07) is 12.9. The van der Waals surface area contributed by atoms with E-state index >= 15 is 0 Å². The van der Waals surface area contributed by atoms with Crippen molar-refractivity contribution in [3.63, 3.8) is 0 Å². The summed E-state index contributed by atoms with van der Waals surface area (Å²) in [6.45, 7) is 1.96. The zero-order valence-corrected chi connectivity index (χ0v) is 10.4. The van der Waals surface area contributed by atoms with Crippen LogP contribution in [0.1, 0.15) is 16.7 Å². The first-order chi connectivity index (χ1) is 9.06. The lowest BCUT2D eigenvalue weighted by atomic mass is 10.0. The molecule has 1 N–H and O–H groups in total. The van der Waals surface area contributed by atoms with Crippen LogP contribution in [-0.2, 0) is 4.79 Å². The van der Waals surface area contributed by atoms with E-state index in [0.29, 0.717) is 5.56 Å². The maximum atomic E-state index is 12.9. The number of hydrogen-bond acceptors (Lipinski definition) is 1. The largest absolute Gasteiger partial charge is 0.478 e. The fourth-order valence-electron chi connectivity index (χ4n) is 1.73. The van der Waals surface area contributed by atoms with Crippen molar-refractivity contribution in [3.8, 4) is 0 Å². The average Bonchev–Trinajstić information content (AvgIpc) is 2.39. The normalized spacial score (nSPS) is 11.4. The highest BCUT2D eigenvalue weighted by Crippen LogP contribution is 2.19. The Morgan fingerprint density at radius 1 is 1.05 bits per heavy atom. The van der Waals surface area contributed by atoms with Crippen molar-refractivity contribution in [3.05, 3.63) is 71.0 Å². The summed E-state index contributed by atoms with van der Waals surface area (Å²) in [5.41, 5.74) is 2.53. The first kappa shape index (κ1) is 13.0. The van der Waals surface area contributed by atoms with Crippen LogP contribution in [0.15, 0.2) is 48.5 Å². The second-order valence-electron chi connectivity index (χ2n) is 4.28. The zero-order chi connectivity index (χ0) is 13.8. The van der Waals surface area contributed by atoms with Crippen molar-refractivity contribution in [1.82, 2.24) is 0 Å². The molecule has 96 valence electrons. The molecule has 2 aromatic carbocycles. The van der Waals surface area contributed by atoms with Gasteiger partial charge in [0.15, 0.2) is 0 Å². The molecule has 0 spiro atoms. The molecule has 0 saturated carbocycles. The number of aliphatic carboxylic acids is 1. The fourth-order valence-corrected chi connectivity index (χ4v) is 1.73. The Morgan fingerprint density at radius 3 is 2.16 bits per heavy atom. The molecule has 0 radical (unpaired) electrons. The molecule has 0 aliphatic heterocycles. The van der Waals surface area contributed by atoms with Crippen LogP contribution in [0.25, 0.3) is 11.6 Å². The number of carboxylic acids is 1. The summed E-state index contributed by atoms with van der Waals surface area (Å²) in [7, 11) is 0. The Bertz CT molecular complexity index is 610. The van der Waals surface area contributed by atoms with Gasteiger partial charge in [-0.15, -0.1) is 0 Å². The van der Waals surface area contributed by atoms with Gasteiger partial charge in [0.2, 0.25) is 0 Å². The molecule has 0 saturated heterocycles. The van der Waals surface area contributed by atoms with Crippen molar-refractivity contribution in [1.29, 1.82) is 0 Å². The van der Waals surface area contributed by atoms with Gasteiger partial charge in [-0.05, 0) is 36.3 Å². The number of benzene rings is 2. The summed E-state index contributed by atoms with van der Waals surface area (Å²) in [6.07, 6.45) is 1.58. The van der Waals surface area contributed by atoms with Crippen molar-refractivity contribution >= 4 is 17.6 Å². The fraction of sp³-hybridized carbons (Fsp3) is 0.0625. The highest BCUT2D eigenvalue weighted by Gasteiger charge is 2.10. The van der Waals surface area contributed by atoms with E-state index < -0.39 is 5.97 Å². The van der Waals surface area contributed by atoms with Crippen LogP contribution in [-0.4, -0.2) is 11.1 Å². The van der Waals surface area contributed by atoms with Crippen molar-refractivity contribution in [2.75, 3.05) is 0 Å². The van der Waals surface area contributed by atoms with E-state index in [-0.39, 0.29) is 11.4 Å². The Morgan fingerprint density at radius 2 is 1.63 bits per heavy atom. The van der Waals surface area contributed by atoms with Gasteiger partial charge in [-0.3, -0.25) is 0 Å². The second kappa shape index (κ2) is 5.48. The maximum absolute atomic E-state index is 12.9. The van der Waals surface area contributed by atoms with Gasteiger partial charge in [-0.25, -0.2) is 9.18 Å². The summed E-state index contributed by atoms with van der Waals surface area (Å²) in [5.74, 6) is -1.42. The van der Waals surface area contributed by atoms with Gasteiger partial charge in [0.05, 0.1) is 5.57 Å². The first-order valence-corrected chi connectivity index (χ1v) is 5.84. The molecular weight excluding hydrogens is 243 g/mol. The standard InChI is InChI=1S/C16H13FO2/c1-11-2-4-12(5-3-11)10-15(16(18)19)13-6-8-14(17)9-7-13/h2-10H,1H3,(H,18,19)/b15-10+. The molecule has 2 nitrogen and oxygen atoms in total. The van der Waals surface area contributed by atoms with Crippen molar-refractivity contribution < 1.29 is 14.3 Å². The molecule has 0 aliphatic rings. The topological polar surface area (TPSA) is 37.3 Å². The lowest BCUT2D eigenvalue weighted by Gasteiger charge is -2.03. The molecule has 3 heteroatoms. The number of hydrogen-bond donors (Lipinski definition) is 1. The minimum atomic E-state index is -1.04. The molecule has 0 amide bonds. The van der Waals surface area contributed by atoms with Gasteiger partial charge in [0.1, 0.15) is 5.82 Å². The molecular formula is C16H13FO2. The Labute approximate surface area is 110 Å². The number of halogens is 1. The van der Waals surface area contributed by atoms with Gasteiger partial charge < -0.3 is 5.11 Å². The van der Waals surface area contributed by atoms with Crippen molar-refractivity contribution in [2.45, 2.75) is 6.92 Å². The van der Waals surface area contributed by atoms with Crippen LogP contribution in [0.4, 0.5) is 4.39 Å². The minimum Gasteiger partial charge on any atom is -0.478 e. The smallest absolute Gasteiger partial charge is 0.336 e. The summed E-state index contributed by atoms with van der Waals surface area (Å²) < 4.78 is 12.9. The Kier molecular flexibility index (Phi) is 3.76. The molecule has 0 fully saturated rings. The molecule has 0 bridgehead atoms. The predicted octanol–water partition coefficient (Wildman–Crippen LogP) is 3.76. The number of carbonyl (C=O) groups is 1. The van der Waals surface area contributed by atoms with E-state index in [2.05, 4.69) is 0 Å². The number of carboxylic acid groups (broad SMARTS) is 1. The van der Waals surface area contributed by atoms with E-state index in [0.717, 1.165) is 11.1 Å². The van der Waals surface area contributed by atoms with Crippen LogP contribution < -0.4 is 0 Å². The van der Waals surface area contributed by atoms with Gasteiger partial charge in [0.25, 0.3) is 0 Å². The summed E-state index contributed by atoms with van der Waals surface area (Å²) in [4.78, 5) is 11.3. The highest BCUT2D eigenvalue weighted by atomic mass is 19.1. The third-order valence-electron chi connectivity index (χ3n) is 2.77. The summed E-state index contributed by atoms with van der Waals surface area (Å²) in [5, 5.41) is 9.25. The zero-order valence-electron chi connectivity index (χ0n) is 10.4. The van der Waals surface area contributed by atoms with E-state index in [9.17, 15) is 14.3 Å². The lowest BCUT2D eigenvalue weighted by molar-refractivity contribution is -0.130. The van der Waals surface area contributed by atoms with Crippen LogP contribution >= 0.6 is 0 Å². The monoisotopic (exact) mass is 256 g/mol. The molecule has 0 heterocycles. The highest BCUT2D eigenvalue weighted by molar-refractivity contribution is 6.20. The predicted molar refractivity (Wildman–Crippen MR) is 73.1 cm³/mol. The van der Waals surface area contributed by atoms with Crippen LogP contribution in [0.3, 0.4) is 0 Å². The van der Waals surface area contributed by atoms with E-state index in [4.69, 9.17) is 0 Å². The first-order valence-electron chi connectivity index (χ1n) is 5.84. The van der Waals surface area contributed by atoms with E-state index in [1.54, 1.807) is 6.08 Å². The van der Waals surface area contributed by atoms with Gasteiger partial charge in [-0.1, -0.05) is 42.0 Å². The quantitative estimate of drug-likeness (QED) is 0.670. The molecule has 0 atom stereocenters. The average molecular weight is 256 g/mol. The second-order valence-corrected chi connectivity index (χ2v) is 4.28. The number of aryl methyl sites for hydroxylation is 1. The SMILES string of the molecule is Cc1ccc(/C=C(/C(=O)O)c2ccc(F)cc2)cc1. The molecule has 0 unspecified atom stereocenters. The summed E-state index contributed by atoms with van der Waals surface area (Å²) >= 11 is 0. The molecule has 2 aromatic rings. The van der Waals surface area contributed by atoms with Crippen LogP contribution in [0.5, 0.6) is 0 Å². The van der Waals surface area contributed by atoms with E-state index in [1.165, 1.54) is 24.3 Å². The Balaban J connectivity index is 2.43. The minimum absolute atomic E-state index is 0.142.